The number of likely N-dealkylation sites (N-methyl/N-ethyl adjacent to an activating group) is 1. The molecule has 128 valence electrons. The molecular weight excluding hydrogens is 322 g/mol. The molecule has 24 heavy (non-hydrogen) atoms. The van der Waals surface area contributed by atoms with E-state index in [9.17, 15) is 9.59 Å². The average molecular weight is 345 g/mol. The van der Waals surface area contributed by atoms with Crippen LogP contribution in [0, 0.1) is 0 Å². The van der Waals surface area contributed by atoms with Gasteiger partial charge in [-0.25, -0.2) is 4.79 Å². The summed E-state index contributed by atoms with van der Waals surface area (Å²) in [5.41, 5.74) is 2.52. The van der Waals surface area contributed by atoms with Gasteiger partial charge in [-0.05, 0) is 66.8 Å². The summed E-state index contributed by atoms with van der Waals surface area (Å²) in [5.74, 6) is -0.792. The van der Waals surface area contributed by atoms with Gasteiger partial charge in [0.05, 0.1) is 5.56 Å². The minimum atomic E-state index is -0.933. The Balaban J connectivity index is 1.90. The van der Waals surface area contributed by atoms with E-state index >= 15 is 0 Å². The molecule has 0 saturated carbocycles. The van der Waals surface area contributed by atoms with E-state index < -0.39 is 5.97 Å². The lowest BCUT2D eigenvalue weighted by Crippen LogP contribution is -2.39. The summed E-state index contributed by atoms with van der Waals surface area (Å²) in [6.45, 7) is 4.78. The third kappa shape index (κ3) is 4.93. The standard InChI is InChI=1S/C19H23NO3S/c1-3-20(14(2)12-16-10-11-24-13-16)18(21)9-6-15-4-7-17(8-5-15)19(22)23/h4-5,7-8,10-11,13-14H,3,6,9,12H2,1-2H3,(H,22,23). The number of carboxylic acid groups (broad SMARTS) is 1. The molecule has 0 bridgehead atoms. The summed E-state index contributed by atoms with van der Waals surface area (Å²) in [6, 6.07) is 9.00. The fourth-order valence-electron chi connectivity index (χ4n) is 2.80. The fraction of sp³-hybridized carbons (Fsp3) is 0.368. The van der Waals surface area contributed by atoms with Gasteiger partial charge in [-0.15, -0.1) is 0 Å². The van der Waals surface area contributed by atoms with Gasteiger partial charge in [-0.1, -0.05) is 12.1 Å². The fourth-order valence-corrected chi connectivity index (χ4v) is 3.48. The molecule has 2 rings (SSSR count). The predicted molar refractivity (Wildman–Crippen MR) is 96.6 cm³/mol. The quantitative estimate of drug-likeness (QED) is 0.790. The molecule has 0 radical (unpaired) electrons. The van der Waals surface area contributed by atoms with E-state index in [-0.39, 0.29) is 17.5 Å². The van der Waals surface area contributed by atoms with Crippen molar-refractivity contribution in [3.8, 4) is 0 Å². The van der Waals surface area contributed by atoms with Gasteiger partial charge in [-0.3, -0.25) is 4.79 Å². The molecule has 0 spiro atoms. The van der Waals surface area contributed by atoms with Crippen molar-refractivity contribution in [2.75, 3.05) is 6.54 Å². The van der Waals surface area contributed by atoms with Gasteiger partial charge >= 0.3 is 5.97 Å². The van der Waals surface area contributed by atoms with E-state index in [4.69, 9.17) is 5.11 Å². The smallest absolute Gasteiger partial charge is 0.335 e. The lowest BCUT2D eigenvalue weighted by Gasteiger charge is -2.28. The number of nitrogens with zero attached hydrogens (tertiary/aromatic N) is 1. The monoisotopic (exact) mass is 345 g/mol. The second-order valence-electron chi connectivity index (χ2n) is 5.87. The van der Waals surface area contributed by atoms with Crippen molar-refractivity contribution in [1.82, 2.24) is 4.90 Å². The van der Waals surface area contributed by atoms with Crippen molar-refractivity contribution in [2.24, 2.45) is 0 Å². The van der Waals surface area contributed by atoms with Crippen LogP contribution in [0.15, 0.2) is 41.1 Å². The van der Waals surface area contributed by atoms with E-state index in [1.807, 2.05) is 11.8 Å². The van der Waals surface area contributed by atoms with Gasteiger partial charge in [-0.2, -0.15) is 11.3 Å². The number of carboxylic acids is 1. The van der Waals surface area contributed by atoms with Crippen molar-refractivity contribution in [1.29, 1.82) is 0 Å². The van der Waals surface area contributed by atoms with Gasteiger partial charge in [0.1, 0.15) is 0 Å². The van der Waals surface area contributed by atoms with Crippen LogP contribution in [-0.4, -0.2) is 34.5 Å². The maximum absolute atomic E-state index is 12.5. The lowest BCUT2D eigenvalue weighted by molar-refractivity contribution is -0.132. The maximum atomic E-state index is 12.5. The Morgan fingerprint density at radius 2 is 1.88 bits per heavy atom. The largest absolute Gasteiger partial charge is 0.478 e. The zero-order valence-corrected chi connectivity index (χ0v) is 14.9. The number of thiophene rings is 1. The topological polar surface area (TPSA) is 57.6 Å². The van der Waals surface area contributed by atoms with Crippen LogP contribution in [-0.2, 0) is 17.6 Å². The van der Waals surface area contributed by atoms with Gasteiger partial charge in [0, 0.05) is 19.0 Å². The van der Waals surface area contributed by atoms with E-state index in [1.54, 1.807) is 35.6 Å². The molecule has 1 aromatic carbocycles. The number of amides is 1. The van der Waals surface area contributed by atoms with E-state index in [1.165, 1.54) is 5.56 Å². The van der Waals surface area contributed by atoms with Crippen molar-refractivity contribution < 1.29 is 14.7 Å². The van der Waals surface area contributed by atoms with Crippen molar-refractivity contribution in [3.63, 3.8) is 0 Å². The Bertz CT molecular complexity index is 664. The number of hydrogen-bond donors (Lipinski definition) is 1. The van der Waals surface area contributed by atoms with Gasteiger partial charge in [0.25, 0.3) is 0 Å². The van der Waals surface area contributed by atoms with Gasteiger partial charge in [0.2, 0.25) is 5.91 Å². The SMILES string of the molecule is CCN(C(=O)CCc1ccc(C(=O)O)cc1)C(C)Cc1ccsc1. The zero-order valence-electron chi connectivity index (χ0n) is 14.1. The number of benzene rings is 1. The van der Waals surface area contributed by atoms with E-state index in [2.05, 4.69) is 23.8 Å². The first-order valence-corrected chi connectivity index (χ1v) is 9.08. The second-order valence-corrected chi connectivity index (χ2v) is 6.65. The first kappa shape index (κ1) is 18.2. The van der Waals surface area contributed by atoms with Gasteiger partial charge in [0.15, 0.2) is 0 Å². The number of hydrogen-bond acceptors (Lipinski definition) is 3. The third-order valence-electron chi connectivity index (χ3n) is 4.13. The summed E-state index contributed by atoms with van der Waals surface area (Å²) in [5, 5.41) is 13.1. The Morgan fingerprint density at radius 1 is 1.17 bits per heavy atom. The van der Waals surface area contributed by atoms with Crippen LogP contribution < -0.4 is 0 Å². The lowest BCUT2D eigenvalue weighted by atomic mass is 10.1. The molecule has 0 aliphatic heterocycles. The second kappa shape index (κ2) is 8.64. The highest BCUT2D eigenvalue weighted by atomic mass is 32.1. The Morgan fingerprint density at radius 3 is 2.42 bits per heavy atom. The molecule has 5 heteroatoms. The molecule has 0 aliphatic rings. The summed E-state index contributed by atoms with van der Waals surface area (Å²) in [4.78, 5) is 25.3. The third-order valence-corrected chi connectivity index (χ3v) is 4.86. The molecule has 1 unspecified atom stereocenters. The molecule has 2 aromatic rings. The molecular formula is C19H23NO3S. The predicted octanol–water partition coefficient (Wildman–Crippen LogP) is 3.86. The summed E-state index contributed by atoms with van der Waals surface area (Å²) in [7, 11) is 0. The number of carbonyl (C=O) groups excluding carboxylic acids is 1. The zero-order chi connectivity index (χ0) is 17.5. The normalized spacial score (nSPS) is 11.9. The summed E-state index contributed by atoms with van der Waals surface area (Å²) >= 11 is 1.67. The molecule has 1 aromatic heterocycles. The van der Waals surface area contributed by atoms with Crippen LogP contribution >= 0.6 is 11.3 Å². The van der Waals surface area contributed by atoms with Crippen molar-refractivity contribution in [3.05, 3.63) is 57.8 Å². The molecule has 0 saturated heterocycles. The molecule has 1 heterocycles. The van der Waals surface area contributed by atoms with Crippen LogP contribution in [0.2, 0.25) is 0 Å². The molecule has 4 nitrogen and oxygen atoms in total. The van der Waals surface area contributed by atoms with Crippen LogP contribution in [0.3, 0.4) is 0 Å². The van der Waals surface area contributed by atoms with Crippen LogP contribution in [0.4, 0.5) is 0 Å². The highest BCUT2D eigenvalue weighted by Crippen LogP contribution is 2.14. The number of carbonyl (C=O) groups is 2. The number of aromatic carboxylic acids is 1. The molecule has 0 fully saturated rings. The van der Waals surface area contributed by atoms with Gasteiger partial charge < -0.3 is 10.0 Å². The Labute approximate surface area is 146 Å². The van der Waals surface area contributed by atoms with Crippen molar-refractivity contribution in [2.45, 2.75) is 39.2 Å². The Kier molecular flexibility index (Phi) is 6.55. The highest BCUT2D eigenvalue weighted by Gasteiger charge is 2.18. The van der Waals surface area contributed by atoms with Crippen LogP contribution in [0.25, 0.3) is 0 Å². The van der Waals surface area contributed by atoms with Crippen molar-refractivity contribution >= 4 is 23.2 Å². The van der Waals surface area contributed by atoms with Crippen LogP contribution in [0.1, 0.15) is 41.8 Å². The summed E-state index contributed by atoms with van der Waals surface area (Å²) in [6.07, 6.45) is 1.94. The number of rotatable bonds is 8. The highest BCUT2D eigenvalue weighted by molar-refractivity contribution is 7.07. The molecule has 1 N–H and O–H groups in total. The molecule has 1 atom stereocenters. The van der Waals surface area contributed by atoms with E-state index in [0.717, 1.165) is 12.0 Å². The summed E-state index contributed by atoms with van der Waals surface area (Å²) < 4.78 is 0. The maximum Gasteiger partial charge on any atom is 0.335 e. The Hall–Kier alpha value is -2.14. The minimum Gasteiger partial charge on any atom is -0.478 e. The molecule has 1 amide bonds. The number of aryl methyl sites for hydroxylation is 1. The average Bonchev–Trinajstić information content (AvgIpc) is 3.07. The van der Waals surface area contributed by atoms with E-state index in [0.29, 0.717) is 19.4 Å². The minimum absolute atomic E-state index is 0.141. The first-order valence-electron chi connectivity index (χ1n) is 8.14. The first-order chi connectivity index (χ1) is 11.5. The van der Waals surface area contributed by atoms with Crippen LogP contribution in [0.5, 0.6) is 0 Å². The molecule has 0 aliphatic carbocycles.